The van der Waals surface area contributed by atoms with Crippen molar-refractivity contribution in [3.8, 4) is 23.0 Å². The fourth-order valence-electron chi connectivity index (χ4n) is 2.90. The van der Waals surface area contributed by atoms with E-state index in [0.717, 1.165) is 11.1 Å². The lowest BCUT2D eigenvalue weighted by Crippen LogP contribution is -2.09. The molecule has 0 unspecified atom stereocenters. The summed E-state index contributed by atoms with van der Waals surface area (Å²) in [5.41, 5.74) is 2.40. The molecule has 0 aliphatic heterocycles. The summed E-state index contributed by atoms with van der Waals surface area (Å²) in [6, 6.07) is 20.6. The first-order valence-corrected chi connectivity index (χ1v) is 9.69. The second kappa shape index (κ2) is 10.7. The first-order valence-electron chi connectivity index (χ1n) is 9.69. The zero-order valence-corrected chi connectivity index (χ0v) is 17.8. The number of carbonyl (C=O) groups is 1. The summed E-state index contributed by atoms with van der Waals surface area (Å²) in [5, 5.41) is 2.80. The number of methoxy groups -OCH3 is 3. The molecule has 0 saturated heterocycles. The fourth-order valence-corrected chi connectivity index (χ4v) is 2.90. The van der Waals surface area contributed by atoms with E-state index in [9.17, 15) is 4.79 Å². The Morgan fingerprint density at radius 1 is 0.839 bits per heavy atom. The van der Waals surface area contributed by atoms with E-state index in [1.54, 1.807) is 45.6 Å². The van der Waals surface area contributed by atoms with Crippen LogP contribution in [0.1, 0.15) is 11.1 Å². The van der Waals surface area contributed by atoms with Gasteiger partial charge in [-0.3, -0.25) is 4.79 Å². The molecule has 31 heavy (non-hydrogen) atoms. The quantitative estimate of drug-likeness (QED) is 0.498. The zero-order valence-electron chi connectivity index (χ0n) is 17.8. The van der Waals surface area contributed by atoms with Crippen LogP contribution >= 0.6 is 0 Å². The highest BCUT2D eigenvalue weighted by Gasteiger charge is 2.08. The van der Waals surface area contributed by atoms with Crippen LogP contribution < -0.4 is 24.3 Å². The molecule has 0 heterocycles. The second-order valence-electron chi connectivity index (χ2n) is 6.57. The van der Waals surface area contributed by atoms with Crippen LogP contribution in [0.15, 0.2) is 72.8 Å². The minimum atomic E-state index is -0.296. The van der Waals surface area contributed by atoms with Gasteiger partial charge in [-0.15, -0.1) is 0 Å². The SMILES string of the molecule is COc1ccc(OC)c(NC(=O)C=Cc2ccc(OCc3ccccc3)c(OC)c2)c1. The van der Waals surface area contributed by atoms with E-state index in [-0.39, 0.29) is 5.91 Å². The highest BCUT2D eigenvalue weighted by molar-refractivity contribution is 6.02. The maximum absolute atomic E-state index is 12.4. The molecular weight excluding hydrogens is 394 g/mol. The van der Waals surface area contributed by atoms with Gasteiger partial charge in [0.15, 0.2) is 11.5 Å². The summed E-state index contributed by atoms with van der Waals surface area (Å²) < 4.78 is 21.8. The van der Waals surface area contributed by atoms with Crippen molar-refractivity contribution >= 4 is 17.7 Å². The average molecular weight is 419 g/mol. The molecule has 3 aromatic carbocycles. The molecule has 0 spiro atoms. The Morgan fingerprint density at radius 3 is 2.29 bits per heavy atom. The lowest BCUT2D eigenvalue weighted by Gasteiger charge is -2.12. The maximum atomic E-state index is 12.4. The van der Waals surface area contributed by atoms with Gasteiger partial charge in [0.1, 0.15) is 18.1 Å². The third kappa shape index (κ3) is 6.02. The summed E-state index contributed by atoms with van der Waals surface area (Å²) in [6.07, 6.45) is 3.14. The number of anilines is 1. The van der Waals surface area contributed by atoms with Crippen LogP contribution in [-0.2, 0) is 11.4 Å². The number of carbonyl (C=O) groups excluding carboxylic acids is 1. The van der Waals surface area contributed by atoms with Crippen LogP contribution in [0.25, 0.3) is 6.08 Å². The summed E-state index contributed by atoms with van der Waals surface area (Å²) in [5.74, 6) is 2.09. The molecule has 3 aromatic rings. The topological polar surface area (TPSA) is 66.0 Å². The standard InChI is InChI=1S/C25H25NO5/c1-28-20-11-13-22(29-2)21(16-20)26-25(27)14-10-18-9-12-23(24(15-18)30-3)31-17-19-7-5-4-6-8-19/h4-16H,17H2,1-3H3,(H,26,27). The van der Waals surface area contributed by atoms with Gasteiger partial charge < -0.3 is 24.3 Å². The Bertz CT molecular complexity index is 1050. The molecule has 160 valence electrons. The molecule has 0 bridgehead atoms. The molecule has 0 saturated carbocycles. The lowest BCUT2D eigenvalue weighted by molar-refractivity contribution is -0.111. The zero-order chi connectivity index (χ0) is 22.1. The smallest absolute Gasteiger partial charge is 0.248 e. The molecule has 1 N–H and O–H groups in total. The predicted octanol–water partition coefficient (Wildman–Crippen LogP) is 4.94. The Morgan fingerprint density at radius 2 is 1.58 bits per heavy atom. The number of hydrogen-bond donors (Lipinski definition) is 1. The van der Waals surface area contributed by atoms with Crippen molar-refractivity contribution in [3.05, 3.63) is 83.9 Å². The van der Waals surface area contributed by atoms with Crippen molar-refractivity contribution in [2.75, 3.05) is 26.6 Å². The maximum Gasteiger partial charge on any atom is 0.248 e. The molecule has 0 aliphatic carbocycles. The third-order valence-electron chi connectivity index (χ3n) is 4.52. The van der Waals surface area contributed by atoms with E-state index in [4.69, 9.17) is 18.9 Å². The summed E-state index contributed by atoms with van der Waals surface area (Å²) in [7, 11) is 4.69. The summed E-state index contributed by atoms with van der Waals surface area (Å²) in [4.78, 5) is 12.4. The van der Waals surface area contributed by atoms with Crippen LogP contribution in [0.5, 0.6) is 23.0 Å². The van der Waals surface area contributed by atoms with Gasteiger partial charge in [-0.2, -0.15) is 0 Å². The minimum absolute atomic E-state index is 0.296. The third-order valence-corrected chi connectivity index (χ3v) is 4.52. The Kier molecular flexibility index (Phi) is 7.54. The van der Waals surface area contributed by atoms with E-state index >= 15 is 0 Å². The predicted molar refractivity (Wildman–Crippen MR) is 121 cm³/mol. The summed E-state index contributed by atoms with van der Waals surface area (Å²) in [6.45, 7) is 0.442. The van der Waals surface area contributed by atoms with E-state index in [2.05, 4.69) is 5.32 Å². The molecule has 0 aliphatic rings. The molecule has 0 aromatic heterocycles. The Balaban J connectivity index is 1.67. The molecular formula is C25H25NO5. The fraction of sp³-hybridized carbons (Fsp3) is 0.160. The number of hydrogen-bond acceptors (Lipinski definition) is 5. The minimum Gasteiger partial charge on any atom is -0.497 e. The van der Waals surface area contributed by atoms with Gasteiger partial charge in [-0.1, -0.05) is 36.4 Å². The van der Waals surface area contributed by atoms with Crippen molar-refractivity contribution in [1.29, 1.82) is 0 Å². The Hall–Kier alpha value is -3.93. The molecule has 6 heteroatoms. The van der Waals surface area contributed by atoms with Gasteiger partial charge in [-0.25, -0.2) is 0 Å². The van der Waals surface area contributed by atoms with Crippen LogP contribution in [0.4, 0.5) is 5.69 Å². The highest BCUT2D eigenvalue weighted by Crippen LogP contribution is 2.30. The van der Waals surface area contributed by atoms with E-state index < -0.39 is 0 Å². The van der Waals surface area contributed by atoms with Crippen molar-refractivity contribution in [2.24, 2.45) is 0 Å². The van der Waals surface area contributed by atoms with E-state index in [1.807, 2.05) is 48.5 Å². The first kappa shape index (κ1) is 21.8. The van der Waals surface area contributed by atoms with E-state index in [0.29, 0.717) is 35.3 Å². The van der Waals surface area contributed by atoms with Gasteiger partial charge in [0, 0.05) is 12.1 Å². The second-order valence-corrected chi connectivity index (χ2v) is 6.57. The van der Waals surface area contributed by atoms with Crippen LogP contribution in [0.3, 0.4) is 0 Å². The number of rotatable bonds is 9. The summed E-state index contributed by atoms with van der Waals surface area (Å²) >= 11 is 0. The largest absolute Gasteiger partial charge is 0.497 e. The Labute approximate surface area is 182 Å². The molecule has 0 fully saturated rings. The van der Waals surface area contributed by atoms with Crippen LogP contribution in [0.2, 0.25) is 0 Å². The molecule has 3 rings (SSSR count). The highest BCUT2D eigenvalue weighted by atomic mass is 16.5. The van der Waals surface area contributed by atoms with Gasteiger partial charge in [0.05, 0.1) is 27.0 Å². The molecule has 0 atom stereocenters. The first-order chi connectivity index (χ1) is 15.1. The van der Waals surface area contributed by atoms with Gasteiger partial charge in [0.25, 0.3) is 0 Å². The van der Waals surface area contributed by atoms with Crippen molar-refractivity contribution in [3.63, 3.8) is 0 Å². The van der Waals surface area contributed by atoms with Gasteiger partial charge in [0.2, 0.25) is 5.91 Å². The van der Waals surface area contributed by atoms with Crippen molar-refractivity contribution < 1.29 is 23.7 Å². The van der Waals surface area contributed by atoms with Crippen molar-refractivity contribution in [2.45, 2.75) is 6.61 Å². The number of nitrogens with one attached hydrogen (secondary N) is 1. The van der Waals surface area contributed by atoms with E-state index in [1.165, 1.54) is 6.08 Å². The van der Waals surface area contributed by atoms with Crippen LogP contribution in [0, 0.1) is 0 Å². The van der Waals surface area contributed by atoms with Crippen LogP contribution in [-0.4, -0.2) is 27.2 Å². The van der Waals surface area contributed by atoms with Gasteiger partial charge in [-0.05, 0) is 41.5 Å². The number of ether oxygens (including phenoxy) is 4. The number of benzene rings is 3. The van der Waals surface area contributed by atoms with Gasteiger partial charge >= 0.3 is 0 Å². The molecule has 6 nitrogen and oxygen atoms in total. The number of amides is 1. The normalized spacial score (nSPS) is 10.5. The molecule has 1 amide bonds. The average Bonchev–Trinajstić information content (AvgIpc) is 2.82. The van der Waals surface area contributed by atoms with Crippen molar-refractivity contribution in [1.82, 2.24) is 0 Å². The lowest BCUT2D eigenvalue weighted by atomic mass is 10.2. The molecule has 0 radical (unpaired) electrons. The monoisotopic (exact) mass is 419 g/mol.